The molecule has 36 heavy (non-hydrogen) atoms. The zero-order valence-corrected chi connectivity index (χ0v) is 21.4. The Labute approximate surface area is 213 Å². The van der Waals surface area contributed by atoms with Gasteiger partial charge in [-0.05, 0) is 55.5 Å². The number of nitriles is 1. The highest BCUT2D eigenvalue weighted by atomic mass is 16.5. The summed E-state index contributed by atoms with van der Waals surface area (Å²) in [6.07, 6.45) is 13.1. The lowest BCUT2D eigenvalue weighted by Gasteiger charge is -2.22. The zero-order chi connectivity index (χ0) is 25.5. The molecule has 2 heterocycles. The lowest BCUT2D eigenvalue weighted by atomic mass is 9.89. The number of rotatable bonds is 11. The van der Waals surface area contributed by atoms with Gasteiger partial charge >= 0.3 is 0 Å². The van der Waals surface area contributed by atoms with Crippen LogP contribution in [0.4, 0.5) is 0 Å². The quantitative estimate of drug-likeness (QED) is 0.207. The zero-order valence-electron chi connectivity index (χ0n) is 21.4. The minimum Gasteiger partial charge on any atom is -0.493 e. The number of terminal acetylenes is 1. The van der Waals surface area contributed by atoms with E-state index in [1.54, 1.807) is 21.3 Å². The molecule has 0 amide bonds. The Hall–Kier alpha value is -3.90. The van der Waals surface area contributed by atoms with Gasteiger partial charge in [0.2, 0.25) is 5.69 Å². The van der Waals surface area contributed by atoms with Crippen molar-refractivity contribution in [2.75, 3.05) is 27.9 Å². The van der Waals surface area contributed by atoms with Crippen LogP contribution < -0.4 is 23.5 Å². The Balaban J connectivity index is 1.84. The van der Waals surface area contributed by atoms with Crippen LogP contribution >= 0.6 is 0 Å². The molecule has 1 aliphatic heterocycles. The number of ether oxygens (including phenoxy) is 4. The fourth-order valence-electron chi connectivity index (χ4n) is 5.01. The predicted octanol–water partition coefficient (Wildman–Crippen LogP) is 5.40. The van der Waals surface area contributed by atoms with Crippen LogP contribution in [-0.2, 0) is 19.4 Å². The van der Waals surface area contributed by atoms with Crippen molar-refractivity contribution in [3.05, 3.63) is 41.6 Å². The van der Waals surface area contributed by atoms with Crippen LogP contribution in [0.1, 0.15) is 43.2 Å². The monoisotopic (exact) mass is 485 g/mol. The average Bonchev–Trinajstić information content (AvgIpc) is 2.91. The molecule has 3 aromatic rings. The number of hydrogen-bond donors (Lipinski definition) is 0. The first kappa shape index (κ1) is 25.2. The number of aromatic nitrogens is 1. The van der Waals surface area contributed by atoms with Crippen LogP contribution in [0.25, 0.3) is 22.0 Å². The topological polar surface area (TPSA) is 64.6 Å². The molecule has 4 rings (SSSR count). The van der Waals surface area contributed by atoms with Gasteiger partial charge in [-0.2, -0.15) is 9.83 Å². The number of fused-ring (bicyclic) bond motifs is 4. The summed E-state index contributed by atoms with van der Waals surface area (Å²) in [5.74, 6) is 5.59. The molecule has 1 aromatic heterocycles. The van der Waals surface area contributed by atoms with E-state index < -0.39 is 0 Å². The molecular weight excluding hydrogens is 452 g/mol. The number of benzene rings is 2. The van der Waals surface area contributed by atoms with Gasteiger partial charge in [-0.1, -0.05) is 0 Å². The highest BCUT2D eigenvalue weighted by Crippen LogP contribution is 2.42. The van der Waals surface area contributed by atoms with Crippen LogP contribution in [0.5, 0.6) is 23.0 Å². The number of aryl methyl sites for hydroxylation is 3. The molecule has 0 bridgehead atoms. The first-order valence-electron chi connectivity index (χ1n) is 12.4. The molecule has 0 fully saturated rings. The third-order valence-electron chi connectivity index (χ3n) is 6.72. The second-order valence-electron chi connectivity index (χ2n) is 8.84. The summed E-state index contributed by atoms with van der Waals surface area (Å²) in [6, 6.07) is 10.5. The number of unbranched alkanes of at least 4 members (excludes halogenated alkanes) is 3. The Morgan fingerprint density at radius 2 is 1.78 bits per heavy atom. The minimum atomic E-state index is 0.506. The van der Waals surface area contributed by atoms with Gasteiger partial charge in [-0.15, -0.1) is 12.3 Å². The van der Waals surface area contributed by atoms with Crippen molar-refractivity contribution < 1.29 is 23.5 Å². The molecule has 6 nitrogen and oxygen atoms in total. The Morgan fingerprint density at radius 3 is 2.50 bits per heavy atom. The smallest absolute Gasteiger partial charge is 0.216 e. The highest BCUT2D eigenvalue weighted by molar-refractivity contribution is 5.95. The van der Waals surface area contributed by atoms with E-state index in [0.29, 0.717) is 18.8 Å². The Bertz CT molecular complexity index is 1330. The van der Waals surface area contributed by atoms with E-state index in [1.807, 2.05) is 6.07 Å². The lowest BCUT2D eigenvalue weighted by molar-refractivity contribution is -0.686. The minimum absolute atomic E-state index is 0.506. The van der Waals surface area contributed by atoms with E-state index in [4.69, 9.17) is 25.4 Å². The normalized spacial score (nSPS) is 11.7. The summed E-state index contributed by atoms with van der Waals surface area (Å²) in [6.45, 7) is 1.44. The summed E-state index contributed by atoms with van der Waals surface area (Å²) < 4.78 is 25.5. The second-order valence-corrected chi connectivity index (χ2v) is 8.84. The SMILES string of the molecule is C#CCCCCOc1cc2c(cc1OC)-c1c(CCCC#N)c3ccc(OC)c(OC)c3c[n+]1CC2. The second kappa shape index (κ2) is 11.7. The van der Waals surface area contributed by atoms with Crippen molar-refractivity contribution in [1.82, 2.24) is 0 Å². The van der Waals surface area contributed by atoms with E-state index in [0.717, 1.165) is 84.3 Å². The molecule has 0 saturated heterocycles. The fourth-order valence-corrected chi connectivity index (χ4v) is 5.01. The summed E-state index contributed by atoms with van der Waals surface area (Å²) in [4.78, 5) is 0. The Morgan fingerprint density at radius 1 is 0.944 bits per heavy atom. The van der Waals surface area contributed by atoms with Crippen molar-refractivity contribution in [2.24, 2.45) is 0 Å². The molecular formula is C30H33N2O4+. The maximum Gasteiger partial charge on any atom is 0.216 e. The summed E-state index contributed by atoms with van der Waals surface area (Å²) >= 11 is 0. The average molecular weight is 486 g/mol. The number of hydrogen-bond acceptors (Lipinski definition) is 5. The van der Waals surface area contributed by atoms with Crippen molar-refractivity contribution in [1.29, 1.82) is 5.26 Å². The third-order valence-corrected chi connectivity index (χ3v) is 6.72. The molecule has 0 saturated carbocycles. The van der Waals surface area contributed by atoms with Crippen molar-refractivity contribution in [3.63, 3.8) is 0 Å². The Kier molecular flexibility index (Phi) is 8.18. The molecule has 6 heteroatoms. The van der Waals surface area contributed by atoms with Gasteiger partial charge in [0.1, 0.15) is 0 Å². The number of pyridine rings is 1. The van der Waals surface area contributed by atoms with Gasteiger partial charge in [0.25, 0.3) is 0 Å². The largest absolute Gasteiger partial charge is 0.493 e. The molecule has 0 N–H and O–H groups in total. The fraction of sp³-hybridized carbons (Fsp3) is 0.400. The number of methoxy groups -OCH3 is 3. The van der Waals surface area contributed by atoms with Gasteiger partial charge in [0.15, 0.2) is 35.7 Å². The van der Waals surface area contributed by atoms with Crippen LogP contribution in [0, 0.1) is 23.7 Å². The van der Waals surface area contributed by atoms with E-state index >= 15 is 0 Å². The number of nitrogens with zero attached hydrogens (tertiary/aromatic N) is 2. The summed E-state index contributed by atoms with van der Waals surface area (Å²) in [5.41, 5.74) is 4.74. The summed E-state index contributed by atoms with van der Waals surface area (Å²) in [5, 5.41) is 11.3. The molecule has 0 unspecified atom stereocenters. The van der Waals surface area contributed by atoms with Gasteiger partial charge < -0.3 is 18.9 Å². The third kappa shape index (κ3) is 4.90. The maximum absolute atomic E-state index is 9.19. The molecule has 0 aliphatic carbocycles. The molecule has 0 atom stereocenters. The predicted molar refractivity (Wildman–Crippen MR) is 140 cm³/mol. The van der Waals surface area contributed by atoms with Crippen LogP contribution in [0.2, 0.25) is 0 Å². The molecule has 186 valence electrons. The van der Waals surface area contributed by atoms with E-state index in [2.05, 4.69) is 41.0 Å². The van der Waals surface area contributed by atoms with Gasteiger partial charge in [0, 0.05) is 30.2 Å². The molecule has 2 aromatic carbocycles. The van der Waals surface area contributed by atoms with Gasteiger partial charge in [0.05, 0.1) is 45.0 Å². The van der Waals surface area contributed by atoms with Crippen LogP contribution in [0.3, 0.4) is 0 Å². The van der Waals surface area contributed by atoms with Crippen molar-refractivity contribution in [2.45, 2.75) is 51.5 Å². The summed E-state index contributed by atoms with van der Waals surface area (Å²) in [7, 11) is 5.00. The maximum atomic E-state index is 9.19. The van der Waals surface area contributed by atoms with Crippen molar-refractivity contribution in [3.8, 4) is 52.7 Å². The highest BCUT2D eigenvalue weighted by Gasteiger charge is 2.31. The first-order chi connectivity index (χ1) is 17.7. The standard InChI is InChI=1S/C30H33N2O4/c1-5-6-7-10-17-36-28-18-21-14-16-32-20-25-22(12-13-26(33-2)30(25)35-4)23(11-8-9-15-31)29(32)24(21)19-27(28)34-3/h1,12-13,18-20H,6-11,14,16-17H2,2-4H3/q+1. The molecule has 0 radical (unpaired) electrons. The van der Waals surface area contributed by atoms with Gasteiger partial charge in [-0.3, -0.25) is 0 Å². The van der Waals surface area contributed by atoms with E-state index in [9.17, 15) is 5.26 Å². The van der Waals surface area contributed by atoms with E-state index in [-0.39, 0.29) is 0 Å². The van der Waals surface area contributed by atoms with E-state index in [1.165, 1.54) is 11.1 Å². The molecule has 1 aliphatic rings. The van der Waals surface area contributed by atoms with Gasteiger partial charge in [-0.25, -0.2) is 0 Å². The van der Waals surface area contributed by atoms with Crippen LogP contribution in [0.15, 0.2) is 30.5 Å². The lowest BCUT2D eigenvalue weighted by Crippen LogP contribution is -2.41. The van der Waals surface area contributed by atoms with Crippen LogP contribution in [-0.4, -0.2) is 27.9 Å². The van der Waals surface area contributed by atoms with Crippen molar-refractivity contribution >= 4 is 10.8 Å². The first-order valence-corrected chi connectivity index (χ1v) is 12.4. The molecule has 0 spiro atoms.